The minimum absolute atomic E-state index is 0.111. The molecule has 4 amide bonds. The Labute approximate surface area is 237 Å². The molecule has 0 radical (unpaired) electrons. The molecule has 0 spiro atoms. The number of rotatable bonds is 13. The number of benzene rings is 1. The smallest absolute Gasteiger partial charge is 0.326 e. The lowest BCUT2D eigenvalue weighted by molar-refractivity contribution is -0.142. The van der Waals surface area contributed by atoms with Crippen molar-refractivity contribution in [1.29, 1.82) is 0 Å². The van der Waals surface area contributed by atoms with Crippen LogP contribution in [0.2, 0.25) is 0 Å². The van der Waals surface area contributed by atoms with Gasteiger partial charge in [-0.05, 0) is 59.2 Å². The lowest BCUT2D eigenvalue weighted by atomic mass is 10.0. The van der Waals surface area contributed by atoms with Crippen molar-refractivity contribution in [3.05, 3.63) is 34.4 Å². The molecule has 0 saturated carbocycles. The van der Waals surface area contributed by atoms with Crippen LogP contribution in [-0.4, -0.2) is 70.0 Å². The molecule has 0 unspecified atom stereocenters. The Balaban J connectivity index is 1.86. The third-order valence-corrected chi connectivity index (χ3v) is 7.66. The first kappa shape index (κ1) is 30.5. The highest BCUT2D eigenvalue weighted by Gasteiger charge is 2.32. The average Bonchev–Trinajstić information content (AvgIpc) is 3.53. The van der Waals surface area contributed by atoms with Crippen LogP contribution in [0.5, 0.6) is 0 Å². The van der Waals surface area contributed by atoms with E-state index in [-0.39, 0.29) is 24.8 Å². The molecule has 1 saturated heterocycles. The Morgan fingerprint density at radius 1 is 1.00 bits per heavy atom. The zero-order chi connectivity index (χ0) is 28.5. The summed E-state index contributed by atoms with van der Waals surface area (Å²) in [5, 5.41) is 18.9. The van der Waals surface area contributed by atoms with Crippen molar-refractivity contribution in [2.45, 2.75) is 83.8 Å². The number of aromatic amines is 1. The summed E-state index contributed by atoms with van der Waals surface area (Å²) in [6, 6.07) is 4.36. The molecule has 1 aromatic heterocycles. The minimum Gasteiger partial charge on any atom is -0.480 e. The van der Waals surface area contributed by atoms with E-state index in [4.69, 9.17) is 0 Å². The molecule has 11 heteroatoms. The average molecular weight is 607 g/mol. The van der Waals surface area contributed by atoms with Gasteiger partial charge in [-0.1, -0.05) is 51.8 Å². The zero-order valence-electron chi connectivity index (χ0n) is 22.9. The van der Waals surface area contributed by atoms with Crippen molar-refractivity contribution in [1.82, 2.24) is 25.8 Å². The normalized spacial score (nSPS) is 15.7. The molecule has 0 aliphatic carbocycles. The third kappa shape index (κ3) is 8.45. The van der Waals surface area contributed by atoms with Gasteiger partial charge in [-0.3, -0.25) is 9.59 Å². The van der Waals surface area contributed by atoms with E-state index >= 15 is 0 Å². The van der Waals surface area contributed by atoms with E-state index in [9.17, 15) is 24.3 Å². The van der Waals surface area contributed by atoms with Gasteiger partial charge >= 0.3 is 12.0 Å². The number of unbranched alkanes of at least 4 members (excludes halogenated alkanes) is 1. The number of hydrogen-bond donors (Lipinski definition) is 5. The van der Waals surface area contributed by atoms with Crippen molar-refractivity contribution in [3.63, 3.8) is 0 Å². The first-order valence-electron chi connectivity index (χ1n) is 13.7. The van der Waals surface area contributed by atoms with Crippen molar-refractivity contribution in [3.8, 4) is 0 Å². The van der Waals surface area contributed by atoms with Crippen LogP contribution in [0.4, 0.5) is 4.79 Å². The summed E-state index contributed by atoms with van der Waals surface area (Å²) in [7, 11) is 0. The van der Waals surface area contributed by atoms with Crippen LogP contribution < -0.4 is 16.0 Å². The molecule has 3 rings (SSSR count). The fraction of sp³-hybridized carbons (Fsp3) is 0.571. The number of halogens is 1. The second-order valence-corrected chi connectivity index (χ2v) is 11.4. The number of nitrogens with one attached hydrogen (secondary N) is 4. The zero-order valence-corrected chi connectivity index (χ0v) is 24.5. The lowest BCUT2D eigenvalue weighted by Crippen LogP contribution is -2.57. The fourth-order valence-corrected chi connectivity index (χ4v) is 5.44. The number of aliphatic carboxylic acids is 1. The van der Waals surface area contributed by atoms with Crippen LogP contribution in [0, 0.1) is 5.92 Å². The molecule has 39 heavy (non-hydrogen) atoms. The molecule has 1 aliphatic heterocycles. The Hall–Kier alpha value is -3.08. The molecular weight excluding hydrogens is 566 g/mol. The first-order valence-corrected chi connectivity index (χ1v) is 14.5. The van der Waals surface area contributed by atoms with Crippen molar-refractivity contribution in [2.75, 3.05) is 13.1 Å². The Morgan fingerprint density at radius 3 is 2.28 bits per heavy atom. The highest BCUT2D eigenvalue weighted by Crippen LogP contribution is 2.27. The van der Waals surface area contributed by atoms with Gasteiger partial charge in [0.15, 0.2) is 0 Å². The quantitative estimate of drug-likeness (QED) is 0.235. The molecule has 1 fully saturated rings. The lowest BCUT2D eigenvalue weighted by Gasteiger charge is -2.27. The summed E-state index contributed by atoms with van der Waals surface area (Å²) in [4.78, 5) is 56.6. The third-order valence-electron chi connectivity index (χ3n) is 6.98. The maximum atomic E-state index is 13.6. The summed E-state index contributed by atoms with van der Waals surface area (Å²) < 4.78 is 0.678. The molecule has 214 valence electrons. The SMILES string of the molecule is CCCC[C@@H](NC(=O)[C@@H](Cc1c(Br)[nH]c2ccccc12)NC(=O)[C@H](CC(C)C)NC(=O)N1CCCC1)C(=O)O. The highest BCUT2D eigenvalue weighted by molar-refractivity contribution is 9.10. The monoisotopic (exact) mass is 605 g/mol. The highest BCUT2D eigenvalue weighted by atomic mass is 79.9. The number of carbonyl (C=O) groups is 4. The number of amides is 4. The van der Waals surface area contributed by atoms with E-state index in [2.05, 4.69) is 36.9 Å². The second kappa shape index (κ2) is 14.3. The molecule has 1 aliphatic rings. The number of carboxylic acids is 1. The van der Waals surface area contributed by atoms with E-state index < -0.39 is 35.9 Å². The maximum Gasteiger partial charge on any atom is 0.326 e. The maximum absolute atomic E-state index is 13.6. The van der Waals surface area contributed by atoms with E-state index in [1.807, 2.05) is 45.0 Å². The van der Waals surface area contributed by atoms with Gasteiger partial charge < -0.3 is 30.9 Å². The number of H-pyrrole nitrogens is 1. The summed E-state index contributed by atoms with van der Waals surface area (Å²) in [6.45, 7) is 7.16. The van der Waals surface area contributed by atoms with Gasteiger partial charge in [0.25, 0.3) is 0 Å². The summed E-state index contributed by atoms with van der Waals surface area (Å²) in [5.74, 6) is -2.07. The number of carbonyl (C=O) groups excluding carboxylic acids is 3. The van der Waals surface area contributed by atoms with Crippen LogP contribution in [0.1, 0.15) is 64.9 Å². The number of nitrogens with zero attached hydrogens (tertiary/aromatic N) is 1. The first-order chi connectivity index (χ1) is 18.6. The van der Waals surface area contributed by atoms with Crippen molar-refractivity contribution < 1.29 is 24.3 Å². The number of aromatic nitrogens is 1. The predicted octanol–water partition coefficient (Wildman–Crippen LogP) is 3.94. The van der Waals surface area contributed by atoms with Crippen molar-refractivity contribution >= 4 is 50.6 Å². The Bertz CT molecular complexity index is 1160. The van der Waals surface area contributed by atoms with Gasteiger partial charge in [0, 0.05) is 30.4 Å². The van der Waals surface area contributed by atoms with Gasteiger partial charge in [0.2, 0.25) is 11.8 Å². The number of para-hydroxylation sites is 1. The van der Waals surface area contributed by atoms with Gasteiger partial charge in [-0.15, -0.1) is 0 Å². The summed E-state index contributed by atoms with van der Waals surface area (Å²) >= 11 is 3.54. The molecule has 5 N–H and O–H groups in total. The van der Waals surface area contributed by atoms with Crippen LogP contribution in [-0.2, 0) is 20.8 Å². The van der Waals surface area contributed by atoms with Crippen LogP contribution >= 0.6 is 15.9 Å². The molecule has 10 nitrogen and oxygen atoms in total. The largest absolute Gasteiger partial charge is 0.480 e. The topological polar surface area (TPSA) is 144 Å². The fourth-order valence-electron chi connectivity index (χ4n) is 4.85. The minimum atomic E-state index is -1.12. The van der Waals surface area contributed by atoms with Gasteiger partial charge in [0.05, 0.1) is 4.60 Å². The number of urea groups is 1. The molecule has 2 aromatic rings. The van der Waals surface area contributed by atoms with E-state index in [1.165, 1.54) is 0 Å². The van der Waals surface area contributed by atoms with Gasteiger partial charge in [-0.2, -0.15) is 0 Å². The number of hydrogen-bond acceptors (Lipinski definition) is 4. The van der Waals surface area contributed by atoms with E-state index in [0.29, 0.717) is 30.5 Å². The number of likely N-dealkylation sites (tertiary alicyclic amines) is 1. The summed E-state index contributed by atoms with van der Waals surface area (Å²) in [6.07, 6.45) is 4.09. The Morgan fingerprint density at radius 2 is 1.64 bits per heavy atom. The second-order valence-electron chi connectivity index (χ2n) is 10.6. The van der Waals surface area contributed by atoms with Gasteiger partial charge in [0.1, 0.15) is 18.1 Å². The van der Waals surface area contributed by atoms with E-state index in [1.54, 1.807) is 4.90 Å². The molecule has 0 bridgehead atoms. The Kier molecular flexibility index (Phi) is 11.2. The molecular formula is C28H40BrN5O5. The molecule has 3 atom stereocenters. The molecule has 1 aromatic carbocycles. The van der Waals surface area contributed by atoms with Crippen LogP contribution in [0.25, 0.3) is 10.9 Å². The predicted molar refractivity (Wildman–Crippen MR) is 153 cm³/mol. The molecule has 2 heterocycles. The van der Waals surface area contributed by atoms with E-state index in [0.717, 1.165) is 35.7 Å². The standard InChI is InChI=1S/C28H40BrN5O5/c1-4-5-11-21(27(37)38)31-26(36)23(16-19-18-10-6-7-12-20(18)30-24(19)29)32-25(35)22(15-17(2)3)33-28(39)34-13-8-9-14-34/h6-7,10,12,17,21-23,30H,4-5,8-9,11,13-16H2,1-3H3,(H,31,36)(H,32,35)(H,33,39)(H,37,38)/t21-,22+,23-/m1/s1. The van der Waals surface area contributed by atoms with Gasteiger partial charge in [-0.25, -0.2) is 9.59 Å². The van der Waals surface area contributed by atoms with Crippen LogP contribution in [0.3, 0.4) is 0 Å². The van der Waals surface area contributed by atoms with Crippen molar-refractivity contribution in [2.24, 2.45) is 5.92 Å². The summed E-state index contributed by atoms with van der Waals surface area (Å²) in [5.41, 5.74) is 1.65. The van der Waals surface area contributed by atoms with Crippen LogP contribution in [0.15, 0.2) is 28.9 Å². The number of carboxylic acid groups (broad SMARTS) is 1. The number of fused-ring (bicyclic) bond motifs is 1.